The molecule has 0 spiro atoms. The number of hydrogen-bond acceptors (Lipinski definition) is 2. The Balaban J connectivity index is 2.84. The summed E-state index contributed by atoms with van der Waals surface area (Å²) in [5.74, 6) is 0.702. The molecule has 0 unspecified atom stereocenters. The maximum Gasteiger partial charge on any atom is 0.233 e. The van der Waals surface area contributed by atoms with Gasteiger partial charge in [-0.05, 0) is 32.9 Å². The molecule has 1 aromatic rings. The lowest BCUT2D eigenvalue weighted by Gasteiger charge is -2.21. The summed E-state index contributed by atoms with van der Waals surface area (Å²) in [6, 6.07) is 6.98. The van der Waals surface area contributed by atoms with Gasteiger partial charge in [-0.1, -0.05) is 12.1 Å². The quantitative estimate of drug-likeness (QED) is 0.693. The van der Waals surface area contributed by atoms with E-state index in [1.165, 1.54) is 0 Å². The van der Waals surface area contributed by atoms with Crippen molar-refractivity contribution in [2.45, 2.75) is 26.4 Å². The Bertz CT molecular complexity index is 297. The fraction of sp³-hybridized carbons (Fsp3) is 0.364. The fourth-order valence-electron chi connectivity index (χ4n) is 0.977. The zero-order valence-corrected chi connectivity index (χ0v) is 8.13. The summed E-state index contributed by atoms with van der Waals surface area (Å²) in [4.78, 5) is 10.3. The van der Waals surface area contributed by atoms with E-state index in [1.54, 1.807) is 18.2 Å². The maximum absolute atomic E-state index is 10.3. The second-order valence-corrected chi connectivity index (χ2v) is 3.84. The Labute approximate surface area is 78.5 Å². The second kappa shape index (κ2) is 3.60. The number of ether oxygens (including phenoxy) is 1. The van der Waals surface area contributed by atoms with Crippen molar-refractivity contribution in [1.82, 2.24) is 0 Å². The topological polar surface area (TPSA) is 26.3 Å². The van der Waals surface area contributed by atoms with E-state index in [-0.39, 0.29) is 5.60 Å². The largest absolute Gasteiger partial charge is 0.488 e. The van der Waals surface area contributed by atoms with Gasteiger partial charge in [0.2, 0.25) is 6.29 Å². The van der Waals surface area contributed by atoms with Gasteiger partial charge in [0, 0.05) is 5.56 Å². The average Bonchev–Trinajstić information content (AvgIpc) is 2.01. The third kappa shape index (κ3) is 3.28. The van der Waals surface area contributed by atoms with Crippen molar-refractivity contribution in [3.05, 3.63) is 29.8 Å². The van der Waals surface area contributed by atoms with E-state index < -0.39 is 0 Å². The molecule has 0 N–H and O–H groups in total. The number of benzene rings is 1. The van der Waals surface area contributed by atoms with E-state index in [9.17, 15) is 4.79 Å². The monoisotopic (exact) mass is 177 g/mol. The first-order valence-electron chi connectivity index (χ1n) is 4.18. The lowest BCUT2D eigenvalue weighted by molar-refractivity contribution is 0.131. The Hall–Kier alpha value is -1.31. The van der Waals surface area contributed by atoms with Gasteiger partial charge in [0.15, 0.2) is 0 Å². The smallest absolute Gasteiger partial charge is 0.233 e. The Morgan fingerprint density at radius 3 is 2.54 bits per heavy atom. The molecule has 0 fully saturated rings. The van der Waals surface area contributed by atoms with Gasteiger partial charge in [-0.2, -0.15) is 0 Å². The third-order valence-corrected chi connectivity index (χ3v) is 1.38. The predicted molar refractivity (Wildman–Crippen MR) is 51.6 cm³/mol. The number of rotatable bonds is 2. The van der Waals surface area contributed by atoms with E-state index in [1.807, 2.05) is 33.1 Å². The first-order valence-corrected chi connectivity index (χ1v) is 4.18. The van der Waals surface area contributed by atoms with Crippen molar-refractivity contribution in [3.8, 4) is 5.75 Å². The van der Waals surface area contributed by atoms with Gasteiger partial charge in [-0.3, -0.25) is 4.79 Å². The summed E-state index contributed by atoms with van der Waals surface area (Å²) in [6.45, 7) is 5.89. The SMILES string of the molecule is CC(C)(C)Oc1cccc([C]=O)c1. The highest BCUT2D eigenvalue weighted by atomic mass is 16.5. The van der Waals surface area contributed by atoms with Crippen LogP contribution in [0.15, 0.2) is 24.3 Å². The van der Waals surface area contributed by atoms with Crippen LogP contribution < -0.4 is 4.74 Å². The first-order chi connectivity index (χ1) is 6.01. The molecule has 13 heavy (non-hydrogen) atoms. The molecule has 0 aliphatic heterocycles. The molecular formula is C11H13O2. The molecule has 0 heterocycles. The van der Waals surface area contributed by atoms with Crippen LogP contribution in [0.5, 0.6) is 5.75 Å². The lowest BCUT2D eigenvalue weighted by Crippen LogP contribution is -2.22. The van der Waals surface area contributed by atoms with Crippen LogP contribution in [0.25, 0.3) is 0 Å². The molecule has 0 aromatic heterocycles. The van der Waals surface area contributed by atoms with Gasteiger partial charge >= 0.3 is 0 Å². The highest BCUT2D eigenvalue weighted by Crippen LogP contribution is 2.18. The summed E-state index contributed by atoms with van der Waals surface area (Å²) < 4.78 is 5.57. The van der Waals surface area contributed by atoms with E-state index in [0.29, 0.717) is 11.3 Å². The molecule has 1 radical (unpaired) electrons. The number of hydrogen-bond donors (Lipinski definition) is 0. The van der Waals surface area contributed by atoms with Gasteiger partial charge in [0.25, 0.3) is 0 Å². The van der Waals surface area contributed by atoms with Crippen molar-refractivity contribution in [2.24, 2.45) is 0 Å². The van der Waals surface area contributed by atoms with Gasteiger partial charge in [-0.25, -0.2) is 0 Å². The van der Waals surface area contributed by atoms with Crippen LogP contribution in [-0.4, -0.2) is 11.9 Å². The lowest BCUT2D eigenvalue weighted by atomic mass is 10.2. The summed E-state index contributed by atoms with van der Waals surface area (Å²) in [5, 5.41) is 0. The molecular weight excluding hydrogens is 164 g/mol. The Morgan fingerprint density at radius 2 is 2.00 bits per heavy atom. The fourth-order valence-corrected chi connectivity index (χ4v) is 0.977. The molecule has 2 nitrogen and oxygen atoms in total. The Morgan fingerprint density at radius 1 is 1.31 bits per heavy atom. The molecule has 0 saturated carbocycles. The van der Waals surface area contributed by atoms with E-state index in [2.05, 4.69) is 0 Å². The molecule has 0 bridgehead atoms. The van der Waals surface area contributed by atoms with Crippen molar-refractivity contribution >= 4 is 6.29 Å². The van der Waals surface area contributed by atoms with Gasteiger partial charge in [0.1, 0.15) is 11.4 Å². The molecule has 1 aromatic carbocycles. The summed E-state index contributed by atoms with van der Waals surface area (Å²) in [5.41, 5.74) is 0.281. The zero-order chi connectivity index (χ0) is 9.90. The van der Waals surface area contributed by atoms with Crippen LogP contribution in [0.3, 0.4) is 0 Å². The van der Waals surface area contributed by atoms with Gasteiger partial charge < -0.3 is 4.74 Å². The average molecular weight is 177 g/mol. The van der Waals surface area contributed by atoms with Crippen LogP contribution in [0, 0.1) is 0 Å². The second-order valence-electron chi connectivity index (χ2n) is 3.84. The van der Waals surface area contributed by atoms with Crippen LogP contribution in [-0.2, 0) is 4.79 Å². The molecule has 0 aliphatic carbocycles. The molecule has 0 aliphatic rings. The van der Waals surface area contributed by atoms with E-state index >= 15 is 0 Å². The minimum Gasteiger partial charge on any atom is -0.488 e. The van der Waals surface area contributed by atoms with Crippen molar-refractivity contribution < 1.29 is 9.53 Å². The highest BCUT2D eigenvalue weighted by Gasteiger charge is 2.11. The van der Waals surface area contributed by atoms with E-state index in [0.717, 1.165) is 0 Å². The van der Waals surface area contributed by atoms with Gasteiger partial charge in [0.05, 0.1) is 0 Å². The predicted octanol–water partition coefficient (Wildman–Crippen LogP) is 2.32. The minimum absolute atomic E-state index is 0.235. The molecule has 0 atom stereocenters. The molecule has 0 amide bonds. The van der Waals surface area contributed by atoms with Crippen LogP contribution in [0.1, 0.15) is 26.3 Å². The van der Waals surface area contributed by atoms with E-state index in [4.69, 9.17) is 4.74 Å². The Kier molecular flexibility index (Phi) is 2.71. The summed E-state index contributed by atoms with van der Waals surface area (Å²) >= 11 is 0. The molecule has 69 valence electrons. The van der Waals surface area contributed by atoms with Crippen molar-refractivity contribution in [1.29, 1.82) is 0 Å². The normalized spacial score (nSPS) is 11.0. The van der Waals surface area contributed by atoms with Gasteiger partial charge in [-0.15, -0.1) is 0 Å². The minimum atomic E-state index is -0.235. The molecule has 2 heteroatoms. The summed E-state index contributed by atoms with van der Waals surface area (Å²) in [6.07, 6.45) is 1.82. The molecule has 1 rings (SSSR count). The standard InChI is InChI=1S/C11H13O2/c1-11(2,3)13-10-6-4-5-9(7-10)8-12/h4-7H,1-3H3. The third-order valence-electron chi connectivity index (χ3n) is 1.38. The maximum atomic E-state index is 10.3. The summed E-state index contributed by atoms with van der Waals surface area (Å²) in [7, 11) is 0. The first kappa shape index (κ1) is 9.78. The number of carbonyl (C=O) groups excluding carboxylic acids is 1. The van der Waals surface area contributed by atoms with Crippen molar-refractivity contribution in [3.63, 3.8) is 0 Å². The van der Waals surface area contributed by atoms with Crippen LogP contribution in [0.2, 0.25) is 0 Å². The zero-order valence-electron chi connectivity index (χ0n) is 8.13. The van der Waals surface area contributed by atoms with Crippen LogP contribution in [0.4, 0.5) is 0 Å². The highest BCUT2D eigenvalue weighted by molar-refractivity contribution is 5.75. The van der Waals surface area contributed by atoms with Crippen molar-refractivity contribution in [2.75, 3.05) is 0 Å². The van der Waals surface area contributed by atoms with Crippen LogP contribution >= 0.6 is 0 Å². The molecule has 0 saturated heterocycles.